The number of rotatable bonds is 7. The van der Waals surface area contributed by atoms with Gasteiger partial charge in [-0.3, -0.25) is 19.3 Å². The fourth-order valence-corrected chi connectivity index (χ4v) is 3.81. The number of benzene rings is 2. The molecule has 9 heteroatoms. The normalized spacial score (nSPS) is 14.5. The zero-order valence-electron chi connectivity index (χ0n) is 16.4. The number of methoxy groups -OCH3 is 1. The first kappa shape index (κ1) is 22.3. The average molecular weight is 457 g/mol. The molecule has 0 aliphatic carbocycles. The summed E-state index contributed by atoms with van der Waals surface area (Å²) in [4.78, 5) is 37.6. The Bertz CT molecular complexity index is 1100. The van der Waals surface area contributed by atoms with Crippen molar-refractivity contribution in [1.82, 2.24) is 4.90 Å². The number of carbonyl (C=O) groups excluding carboxylic acids is 3. The van der Waals surface area contributed by atoms with Gasteiger partial charge in [0.1, 0.15) is 0 Å². The lowest BCUT2D eigenvalue weighted by molar-refractivity contribution is -0.122. The summed E-state index contributed by atoms with van der Waals surface area (Å²) in [5.41, 5.74) is 1.16. The van der Waals surface area contributed by atoms with Gasteiger partial charge in [-0.15, -0.1) is 6.42 Å². The minimum Gasteiger partial charge on any atom is -0.493 e. The summed E-state index contributed by atoms with van der Waals surface area (Å²) >= 11 is 7.11. The van der Waals surface area contributed by atoms with Crippen LogP contribution in [0.2, 0.25) is 5.02 Å². The number of nitrogens with one attached hydrogen (secondary N) is 1. The molecule has 0 radical (unpaired) electrons. The number of terminal acetylenes is 1. The van der Waals surface area contributed by atoms with Crippen molar-refractivity contribution in [2.75, 3.05) is 25.6 Å². The number of thioether (sulfide) groups is 1. The number of halogens is 1. The zero-order valence-corrected chi connectivity index (χ0v) is 18.0. The molecular formula is C22H17ClN2O5S. The third-order valence-corrected chi connectivity index (χ3v) is 5.27. The molecule has 1 N–H and O–H groups in total. The number of anilines is 1. The molecule has 1 aliphatic heterocycles. The summed E-state index contributed by atoms with van der Waals surface area (Å²) in [6.07, 6.45) is 6.71. The molecule has 0 aromatic heterocycles. The van der Waals surface area contributed by atoms with Gasteiger partial charge in [0.25, 0.3) is 17.1 Å². The van der Waals surface area contributed by atoms with Crippen molar-refractivity contribution in [3.8, 4) is 23.8 Å². The molecule has 3 amide bonds. The molecule has 1 fully saturated rings. The van der Waals surface area contributed by atoms with E-state index in [1.54, 1.807) is 36.4 Å². The Balaban J connectivity index is 1.75. The van der Waals surface area contributed by atoms with E-state index in [4.69, 9.17) is 27.5 Å². The number of ether oxygens (including phenoxy) is 2. The van der Waals surface area contributed by atoms with Crippen molar-refractivity contribution in [1.29, 1.82) is 0 Å². The van der Waals surface area contributed by atoms with Crippen molar-refractivity contribution in [3.05, 3.63) is 58.0 Å². The van der Waals surface area contributed by atoms with Crippen LogP contribution < -0.4 is 14.8 Å². The number of amides is 3. The molecule has 158 valence electrons. The van der Waals surface area contributed by atoms with Gasteiger partial charge in [-0.2, -0.15) is 0 Å². The fourth-order valence-electron chi connectivity index (χ4n) is 2.70. The molecule has 3 rings (SSSR count). The second kappa shape index (κ2) is 10.1. The van der Waals surface area contributed by atoms with Crippen LogP contribution in [0.5, 0.6) is 11.5 Å². The van der Waals surface area contributed by atoms with Gasteiger partial charge in [0.2, 0.25) is 0 Å². The predicted octanol–water partition coefficient (Wildman–Crippen LogP) is 4.04. The number of hydrogen-bond donors (Lipinski definition) is 1. The predicted molar refractivity (Wildman–Crippen MR) is 120 cm³/mol. The highest BCUT2D eigenvalue weighted by molar-refractivity contribution is 8.18. The van der Waals surface area contributed by atoms with Gasteiger partial charge < -0.3 is 14.8 Å². The summed E-state index contributed by atoms with van der Waals surface area (Å²) in [6, 6.07) is 12.1. The van der Waals surface area contributed by atoms with Crippen LogP contribution >= 0.6 is 23.4 Å². The quantitative estimate of drug-likeness (QED) is 0.500. The molecule has 1 aliphatic rings. The summed E-state index contributed by atoms with van der Waals surface area (Å²) < 4.78 is 10.9. The second-order valence-corrected chi connectivity index (χ2v) is 7.61. The van der Waals surface area contributed by atoms with Crippen LogP contribution in [0.1, 0.15) is 5.56 Å². The van der Waals surface area contributed by atoms with Gasteiger partial charge in [0.15, 0.2) is 18.1 Å². The van der Waals surface area contributed by atoms with E-state index < -0.39 is 11.1 Å². The van der Waals surface area contributed by atoms with Gasteiger partial charge in [-0.25, -0.2) is 0 Å². The Kier molecular flexibility index (Phi) is 7.23. The molecule has 0 saturated carbocycles. The average Bonchev–Trinajstić information content (AvgIpc) is 3.01. The number of imide groups is 1. The van der Waals surface area contributed by atoms with Gasteiger partial charge in [0.05, 0.1) is 23.6 Å². The molecule has 7 nitrogen and oxygen atoms in total. The van der Waals surface area contributed by atoms with Gasteiger partial charge in [0, 0.05) is 5.69 Å². The highest BCUT2D eigenvalue weighted by Crippen LogP contribution is 2.38. The van der Waals surface area contributed by atoms with E-state index in [9.17, 15) is 14.4 Å². The summed E-state index contributed by atoms with van der Waals surface area (Å²) in [7, 11) is 1.42. The Morgan fingerprint density at radius 2 is 2.03 bits per heavy atom. The minimum absolute atomic E-state index is 0.0933. The molecule has 0 unspecified atom stereocenters. The maximum Gasteiger partial charge on any atom is 0.294 e. The molecule has 0 bridgehead atoms. The molecule has 1 saturated heterocycles. The fraction of sp³-hybridized carbons (Fsp3) is 0.136. The van der Waals surface area contributed by atoms with Gasteiger partial charge in [-0.1, -0.05) is 35.7 Å². The van der Waals surface area contributed by atoms with Crippen molar-refractivity contribution in [3.63, 3.8) is 0 Å². The maximum absolute atomic E-state index is 12.3. The Morgan fingerprint density at radius 1 is 1.29 bits per heavy atom. The van der Waals surface area contributed by atoms with E-state index in [-0.39, 0.29) is 40.5 Å². The first-order chi connectivity index (χ1) is 14.9. The summed E-state index contributed by atoms with van der Waals surface area (Å²) in [5, 5.41) is 2.45. The maximum atomic E-state index is 12.3. The van der Waals surface area contributed by atoms with E-state index >= 15 is 0 Å². The standard InChI is InChI=1S/C22H17ClN2O5S/c1-3-9-25-21(27)18(31-22(25)28)12-14-10-16(23)20(17(11-14)29-2)30-13-19(26)24-15-7-5-4-6-8-15/h1,4-8,10-12H,9,13H2,2H3,(H,24,26)/b18-12+. The molecular weight excluding hydrogens is 440 g/mol. The second-order valence-electron chi connectivity index (χ2n) is 6.21. The minimum atomic E-state index is -0.471. The summed E-state index contributed by atoms with van der Waals surface area (Å²) in [5.74, 6) is 1.90. The van der Waals surface area contributed by atoms with Crippen molar-refractivity contribution < 1.29 is 23.9 Å². The van der Waals surface area contributed by atoms with Crippen LogP contribution in [-0.2, 0) is 9.59 Å². The number of carbonyl (C=O) groups is 3. The molecule has 0 spiro atoms. The Hall–Kier alpha value is -3.41. The highest BCUT2D eigenvalue weighted by atomic mass is 35.5. The molecule has 1 heterocycles. The van der Waals surface area contributed by atoms with Crippen molar-refractivity contribution in [2.45, 2.75) is 0 Å². The molecule has 2 aromatic carbocycles. The Morgan fingerprint density at radius 3 is 2.71 bits per heavy atom. The van der Waals surface area contributed by atoms with Gasteiger partial charge in [-0.05, 0) is 47.7 Å². The van der Waals surface area contributed by atoms with Crippen molar-refractivity contribution >= 4 is 52.2 Å². The third-order valence-electron chi connectivity index (χ3n) is 4.08. The lowest BCUT2D eigenvalue weighted by Gasteiger charge is -2.13. The topological polar surface area (TPSA) is 84.9 Å². The van der Waals surface area contributed by atoms with E-state index in [2.05, 4.69) is 11.2 Å². The van der Waals surface area contributed by atoms with Crippen LogP contribution in [0, 0.1) is 12.3 Å². The molecule has 2 aromatic rings. The van der Waals surface area contributed by atoms with Crippen LogP contribution in [0.3, 0.4) is 0 Å². The first-order valence-electron chi connectivity index (χ1n) is 8.97. The monoisotopic (exact) mass is 456 g/mol. The number of nitrogens with zero attached hydrogens (tertiary/aromatic N) is 1. The SMILES string of the molecule is C#CCN1C(=O)S/C(=C/c2cc(Cl)c(OCC(=O)Nc3ccccc3)c(OC)c2)C1=O. The van der Waals surface area contributed by atoms with E-state index in [1.807, 2.05) is 6.07 Å². The van der Waals surface area contributed by atoms with E-state index in [1.165, 1.54) is 13.2 Å². The van der Waals surface area contributed by atoms with E-state index in [0.29, 0.717) is 11.3 Å². The largest absolute Gasteiger partial charge is 0.493 e. The van der Waals surface area contributed by atoms with Crippen LogP contribution in [0.25, 0.3) is 6.08 Å². The van der Waals surface area contributed by atoms with Crippen LogP contribution in [0.15, 0.2) is 47.4 Å². The third kappa shape index (κ3) is 5.40. The first-order valence-corrected chi connectivity index (χ1v) is 10.2. The lowest BCUT2D eigenvalue weighted by atomic mass is 10.1. The highest BCUT2D eigenvalue weighted by Gasteiger charge is 2.34. The molecule has 0 atom stereocenters. The summed E-state index contributed by atoms with van der Waals surface area (Å²) in [6.45, 7) is -0.376. The smallest absolute Gasteiger partial charge is 0.294 e. The van der Waals surface area contributed by atoms with Crippen molar-refractivity contribution in [2.24, 2.45) is 0 Å². The van der Waals surface area contributed by atoms with Crippen LogP contribution in [0.4, 0.5) is 10.5 Å². The number of hydrogen-bond acceptors (Lipinski definition) is 6. The zero-order chi connectivity index (χ0) is 22.4. The van der Waals surface area contributed by atoms with Gasteiger partial charge >= 0.3 is 0 Å². The lowest BCUT2D eigenvalue weighted by Crippen LogP contribution is -2.28. The van der Waals surface area contributed by atoms with E-state index in [0.717, 1.165) is 16.7 Å². The number of para-hydroxylation sites is 1. The Labute approximate surface area is 188 Å². The van der Waals surface area contributed by atoms with Crippen LogP contribution in [-0.4, -0.2) is 42.2 Å². The molecule has 31 heavy (non-hydrogen) atoms.